The number of esters is 1. The molecule has 1 heterocycles. The van der Waals surface area contributed by atoms with Crippen LogP contribution in [-0.4, -0.2) is 30.1 Å². The van der Waals surface area contributed by atoms with Crippen LogP contribution in [0.15, 0.2) is 33.8 Å². The standard InChI is InChI=1S/C13H12BrN3O4/c14-8-3-1-2-4-9(8)15-12(19)7-21-13(20)10-5-6-11(18)17-16-10/h1-4H,5-7H2,(H,15,19)(H,17,18). The molecule has 2 N–H and O–H groups in total. The van der Waals surface area contributed by atoms with Gasteiger partial charge in [-0.05, 0) is 28.1 Å². The molecular formula is C13H12BrN3O4. The van der Waals surface area contributed by atoms with E-state index in [2.05, 4.69) is 31.8 Å². The van der Waals surface area contributed by atoms with E-state index in [1.54, 1.807) is 18.2 Å². The van der Waals surface area contributed by atoms with Crippen molar-refractivity contribution in [2.75, 3.05) is 11.9 Å². The number of benzene rings is 1. The SMILES string of the molecule is O=C1CCC(C(=O)OCC(=O)Nc2ccccc2Br)=NN1. The molecule has 1 aliphatic rings. The molecule has 0 fully saturated rings. The lowest BCUT2D eigenvalue weighted by atomic mass is 10.2. The Morgan fingerprint density at radius 1 is 1.33 bits per heavy atom. The first kappa shape index (κ1) is 15.2. The van der Waals surface area contributed by atoms with Crippen molar-refractivity contribution < 1.29 is 19.1 Å². The van der Waals surface area contributed by atoms with Crippen LogP contribution < -0.4 is 10.7 Å². The van der Waals surface area contributed by atoms with Crippen LogP contribution in [0.25, 0.3) is 0 Å². The first-order chi connectivity index (χ1) is 10.1. The van der Waals surface area contributed by atoms with Crippen LogP contribution >= 0.6 is 15.9 Å². The number of nitrogens with one attached hydrogen (secondary N) is 2. The summed E-state index contributed by atoms with van der Waals surface area (Å²) in [4.78, 5) is 34.2. The molecule has 0 radical (unpaired) electrons. The number of hydrazone groups is 1. The second-order valence-electron chi connectivity index (χ2n) is 4.20. The number of hydrogen-bond donors (Lipinski definition) is 2. The summed E-state index contributed by atoms with van der Waals surface area (Å²) in [5, 5.41) is 6.19. The molecule has 0 unspecified atom stereocenters. The molecule has 2 amide bonds. The molecule has 0 aromatic heterocycles. The Morgan fingerprint density at radius 3 is 2.76 bits per heavy atom. The van der Waals surface area contributed by atoms with Gasteiger partial charge in [0.05, 0.1) is 5.69 Å². The molecular weight excluding hydrogens is 342 g/mol. The van der Waals surface area contributed by atoms with Crippen LogP contribution in [0.1, 0.15) is 12.8 Å². The summed E-state index contributed by atoms with van der Waals surface area (Å²) in [7, 11) is 0. The smallest absolute Gasteiger partial charge is 0.355 e. The van der Waals surface area contributed by atoms with Crippen molar-refractivity contribution in [3.63, 3.8) is 0 Å². The Balaban J connectivity index is 1.83. The Morgan fingerprint density at radius 2 is 2.10 bits per heavy atom. The third-order valence-corrected chi connectivity index (χ3v) is 3.31. The zero-order chi connectivity index (χ0) is 15.2. The molecule has 7 nitrogen and oxygen atoms in total. The van der Waals surface area contributed by atoms with Crippen LogP contribution in [0, 0.1) is 0 Å². The molecule has 110 valence electrons. The summed E-state index contributed by atoms with van der Waals surface area (Å²) < 4.78 is 5.57. The average molecular weight is 354 g/mol. The molecule has 21 heavy (non-hydrogen) atoms. The average Bonchev–Trinajstić information content (AvgIpc) is 2.48. The maximum Gasteiger partial charge on any atom is 0.355 e. The van der Waals surface area contributed by atoms with Gasteiger partial charge in [0, 0.05) is 17.3 Å². The molecule has 2 rings (SSSR count). The van der Waals surface area contributed by atoms with Crippen molar-refractivity contribution in [3.05, 3.63) is 28.7 Å². The van der Waals surface area contributed by atoms with E-state index in [1.807, 2.05) is 6.07 Å². The summed E-state index contributed by atoms with van der Waals surface area (Å²) in [5.41, 5.74) is 2.87. The molecule has 1 aliphatic heterocycles. The lowest BCUT2D eigenvalue weighted by molar-refractivity contribution is -0.140. The van der Waals surface area contributed by atoms with E-state index in [0.717, 1.165) is 4.47 Å². The fourth-order valence-corrected chi connectivity index (χ4v) is 1.97. The second kappa shape index (κ2) is 6.98. The Labute approximate surface area is 128 Å². The van der Waals surface area contributed by atoms with E-state index in [-0.39, 0.29) is 24.5 Å². The van der Waals surface area contributed by atoms with Gasteiger partial charge in [-0.25, -0.2) is 10.2 Å². The second-order valence-corrected chi connectivity index (χ2v) is 5.05. The molecule has 0 aliphatic carbocycles. The number of hydrogen-bond acceptors (Lipinski definition) is 5. The van der Waals surface area contributed by atoms with Gasteiger partial charge >= 0.3 is 5.97 Å². The fourth-order valence-electron chi connectivity index (χ4n) is 1.58. The van der Waals surface area contributed by atoms with Crippen LogP contribution in [-0.2, 0) is 19.1 Å². The first-order valence-corrected chi connectivity index (χ1v) is 6.92. The zero-order valence-electron chi connectivity index (χ0n) is 10.9. The number of nitrogens with zero attached hydrogens (tertiary/aromatic N) is 1. The van der Waals surface area contributed by atoms with Gasteiger partial charge in [0.25, 0.3) is 5.91 Å². The van der Waals surface area contributed by atoms with E-state index in [0.29, 0.717) is 5.69 Å². The van der Waals surface area contributed by atoms with E-state index >= 15 is 0 Å². The number of anilines is 1. The molecule has 0 bridgehead atoms. The van der Waals surface area contributed by atoms with Gasteiger partial charge in [-0.15, -0.1) is 0 Å². The van der Waals surface area contributed by atoms with E-state index in [4.69, 9.17) is 4.74 Å². The number of amides is 2. The highest BCUT2D eigenvalue weighted by molar-refractivity contribution is 9.10. The number of rotatable bonds is 4. The van der Waals surface area contributed by atoms with E-state index < -0.39 is 18.5 Å². The quantitative estimate of drug-likeness (QED) is 0.794. The minimum absolute atomic E-state index is 0.100. The number of para-hydroxylation sites is 1. The number of ether oxygens (including phenoxy) is 1. The normalized spacial score (nSPS) is 14.0. The van der Waals surface area contributed by atoms with Crippen LogP contribution in [0.5, 0.6) is 0 Å². The van der Waals surface area contributed by atoms with Crippen molar-refractivity contribution in [1.82, 2.24) is 5.43 Å². The van der Waals surface area contributed by atoms with Crippen molar-refractivity contribution in [1.29, 1.82) is 0 Å². The minimum atomic E-state index is -0.711. The van der Waals surface area contributed by atoms with Gasteiger partial charge in [0.15, 0.2) is 6.61 Å². The number of carbonyl (C=O) groups is 3. The summed E-state index contributed by atoms with van der Waals surface area (Å²) in [6, 6.07) is 7.08. The van der Waals surface area contributed by atoms with Gasteiger partial charge in [-0.1, -0.05) is 12.1 Å². The van der Waals surface area contributed by atoms with Crippen molar-refractivity contribution in [3.8, 4) is 0 Å². The first-order valence-electron chi connectivity index (χ1n) is 6.13. The van der Waals surface area contributed by atoms with Crippen molar-refractivity contribution >= 4 is 45.1 Å². The summed E-state index contributed by atoms with van der Waals surface area (Å²) >= 11 is 3.29. The Kier molecular flexibility index (Phi) is 5.04. The molecule has 0 spiro atoms. The fraction of sp³-hybridized carbons (Fsp3) is 0.231. The maximum atomic E-state index is 11.7. The maximum absolute atomic E-state index is 11.7. The summed E-state index contributed by atoms with van der Waals surface area (Å²) in [6.07, 6.45) is 0.383. The predicted octanol–water partition coefficient (Wildman–Crippen LogP) is 1.20. The minimum Gasteiger partial charge on any atom is -0.451 e. The van der Waals surface area contributed by atoms with Gasteiger partial charge in [-0.2, -0.15) is 5.10 Å². The molecule has 0 saturated carbocycles. The van der Waals surface area contributed by atoms with Gasteiger partial charge in [-0.3, -0.25) is 9.59 Å². The van der Waals surface area contributed by atoms with Gasteiger partial charge < -0.3 is 10.1 Å². The monoisotopic (exact) mass is 353 g/mol. The zero-order valence-corrected chi connectivity index (χ0v) is 12.5. The highest BCUT2D eigenvalue weighted by Gasteiger charge is 2.20. The van der Waals surface area contributed by atoms with Crippen molar-refractivity contribution in [2.24, 2.45) is 5.10 Å². The topological polar surface area (TPSA) is 96.9 Å². The summed E-state index contributed by atoms with van der Waals surface area (Å²) in [6.45, 7) is -0.423. The van der Waals surface area contributed by atoms with Gasteiger partial charge in [0.1, 0.15) is 5.71 Å². The third-order valence-electron chi connectivity index (χ3n) is 2.62. The molecule has 8 heteroatoms. The van der Waals surface area contributed by atoms with Crippen LogP contribution in [0.3, 0.4) is 0 Å². The Hall–Kier alpha value is -2.22. The largest absolute Gasteiger partial charge is 0.451 e. The highest BCUT2D eigenvalue weighted by Crippen LogP contribution is 2.20. The summed E-state index contributed by atoms with van der Waals surface area (Å²) in [5.74, 6) is -1.42. The molecule has 1 aromatic rings. The van der Waals surface area contributed by atoms with Gasteiger partial charge in [0.2, 0.25) is 5.91 Å². The predicted molar refractivity (Wildman–Crippen MR) is 78.5 cm³/mol. The van der Waals surface area contributed by atoms with E-state index in [9.17, 15) is 14.4 Å². The van der Waals surface area contributed by atoms with Crippen LogP contribution in [0.2, 0.25) is 0 Å². The lowest BCUT2D eigenvalue weighted by Crippen LogP contribution is -2.32. The van der Waals surface area contributed by atoms with Crippen molar-refractivity contribution in [2.45, 2.75) is 12.8 Å². The Bertz CT molecular complexity index is 615. The molecule has 1 aromatic carbocycles. The molecule has 0 saturated heterocycles. The highest BCUT2D eigenvalue weighted by atomic mass is 79.9. The number of carbonyl (C=O) groups excluding carboxylic acids is 3. The third kappa shape index (κ3) is 4.38. The van der Waals surface area contributed by atoms with E-state index in [1.165, 1.54) is 0 Å². The number of halogens is 1. The van der Waals surface area contributed by atoms with Crippen LogP contribution in [0.4, 0.5) is 5.69 Å². The lowest BCUT2D eigenvalue weighted by Gasteiger charge is -2.11. The molecule has 0 atom stereocenters.